The zero-order valence-electron chi connectivity index (χ0n) is 16.5. The lowest BCUT2D eigenvalue weighted by Gasteiger charge is -2.20. The second kappa shape index (κ2) is 10.0. The molecule has 2 aromatic rings. The largest absolute Gasteiger partial charge is 0.340 e. The summed E-state index contributed by atoms with van der Waals surface area (Å²) in [5.41, 5.74) is 0.197. The number of benzene rings is 1. The van der Waals surface area contributed by atoms with Crippen LogP contribution < -0.4 is 10.9 Å². The Morgan fingerprint density at radius 1 is 1.18 bits per heavy atom. The highest BCUT2D eigenvalue weighted by Gasteiger charge is 2.23. The number of fused-ring (bicyclic) bond motifs is 1. The number of pyridine rings is 1. The molecule has 0 aliphatic rings. The van der Waals surface area contributed by atoms with Crippen LogP contribution in [0.2, 0.25) is 0 Å². The minimum absolute atomic E-state index is 0. The zero-order chi connectivity index (χ0) is 20.2. The van der Waals surface area contributed by atoms with E-state index in [1.807, 2.05) is 0 Å². The van der Waals surface area contributed by atoms with Crippen molar-refractivity contribution >= 4 is 39.2 Å². The van der Waals surface area contributed by atoms with E-state index in [9.17, 15) is 18.0 Å². The molecule has 156 valence electrons. The number of carbonyl (C=O) groups is 1. The molecule has 28 heavy (non-hydrogen) atoms. The fourth-order valence-corrected chi connectivity index (χ4v) is 4.35. The van der Waals surface area contributed by atoms with Crippen molar-refractivity contribution in [1.29, 1.82) is 0 Å². The molecule has 0 aliphatic heterocycles. The van der Waals surface area contributed by atoms with Gasteiger partial charge in [0.05, 0.1) is 10.5 Å². The van der Waals surface area contributed by atoms with Crippen molar-refractivity contribution in [1.82, 2.24) is 19.5 Å². The van der Waals surface area contributed by atoms with E-state index < -0.39 is 15.6 Å². The van der Waals surface area contributed by atoms with Gasteiger partial charge in [0.1, 0.15) is 0 Å². The smallest absolute Gasteiger partial charge is 0.254 e. The fourth-order valence-electron chi connectivity index (χ4n) is 2.87. The Balaban J connectivity index is 0.00000392. The van der Waals surface area contributed by atoms with Gasteiger partial charge in [-0.3, -0.25) is 9.59 Å². The summed E-state index contributed by atoms with van der Waals surface area (Å²) in [5, 5.41) is 3.37. The Hall–Kier alpha value is -1.94. The van der Waals surface area contributed by atoms with Crippen LogP contribution in [0.4, 0.5) is 0 Å². The van der Waals surface area contributed by atoms with E-state index in [4.69, 9.17) is 0 Å². The van der Waals surface area contributed by atoms with Crippen molar-refractivity contribution < 1.29 is 13.2 Å². The third kappa shape index (κ3) is 4.91. The molecule has 1 amide bonds. The normalized spacial score (nSPS) is 11.5. The number of aromatic amines is 1. The Bertz CT molecular complexity index is 987. The maximum atomic E-state index is 12.8. The van der Waals surface area contributed by atoms with Crippen molar-refractivity contribution in [2.24, 2.45) is 0 Å². The molecule has 2 rings (SSSR count). The summed E-state index contributed by atoms with van der Waals surface area (Å²) < 4.78 is 27.0. The zero-order valence-corrected chi connectivity index (χ0v) is 18.1. The number of nitrogens with one attached hydrogen (secondary N) is 2. The third-order valence-corrected chi connectivity index (χ3v) is 6.48. The Morgan fingerprint density at radius 2 is 1.82 bits per heavy atom. The number of sulfonamides is 1. The lowest BCUT2D eigenvalue weighted by molar-refractivity contribution is 0.0798. The predicted molar refractivity (Wildman–Crippen MR) is 113 cm³/mol. The molecular formula is C18H27ClN4O4S. The van der Waals surface area contributed by atoms with Crippen LogP contribution >= 0.6 is 12.4 Å². The second-order valence-electron chi connectivity index (χ2n) is 6.17. The maximum Gasteiger partial charge on any atom is 0.254 e. The summed E-state index contributed by atoms with van der Waals surface area (Å²) in [6.45, 7) is 5.30. The van der Waals surface area contributed by atoms with Crippen LogP contribution in [0.3, 0.4) is 0 Å². The van der Waals surface area contributed by atoms with Crippen LogP contribution in [0.15, 0.2) is 34.0 Å². The number of carbonyl (C=O) groups excluding carboxylic acids is 1. The summed E-state index contributed by atoms with van der Waals surface area (Å²) in [4.78, 5) is 29.0. The molecule has 0 saturated heterocycles. The van der Waals surface area contributed by atoms with Gasteiger partial charge < -0.3 is 15.2 Å². The summed E-state index contributed by atoms with van der Waals surface area (Å²) >= 11 is 0. The number of hydrogen-bond acceptors (Lipinski definition) is 5. The number of rotatable bonds is 8. The topological polar surface area (TPSA) is 103 Å². The van der Waals surface area contributed by atoms with Crippen LogP contribution in [-0.4, -0.2) is 68.8 Å². The highest BCUT2D eigenvalue weighted by Crippen LogP contribution is 2.23. The van der Waals surface area contributed by atoms with Crippen molar-refractivity contribution in [3.05, 3.63) is 40.2 Å². The Labute approximate surface area is 171 Å². The Morgan fingerprint density at radius 3 is 2.39 bits per heavy atom. The third-order valence-electron chi connectivity index (χ3n) is 4.43. The molecule has 0 atom stereocenters. The summed E-state index contributed by atoms with van der Waals surface area (Å²) in [5.74, 6) is -0.335. The van der Waals surface area contributed by atoms with Gasteiger partial charge in [0.25, 0.3) is 5.91 Å². The van der Waals surface area contributed by atoms with Gasteiger partial charge in [0, 0.05) is 50.2 Å². The molecule has 1 aromatic heterocycles. The average Bonchev–Trinajstić information content (AvgIpc) is 2.65. The molecule has 1 aromatic carbocycles. The second-order valence-corrected chi connectivity index (χ2v) is 8.11. The van der Waals surface area contributed by atoms with Gasteiger partial charge in [-0.15, -0.1) is 12.4 Å². The molecule has 0 bridgehead atoms. The highest BCUT2D eigenvalue weighted by atomic mass is 35.5. The van der Waals surface area contributed by atoms with Crippen LogP contribution in [0, 0.1) is 0 Å². The summed E-state index contributed by atoms with van der Waals surface area (Å²) in [6, 6.07) is 5.65. The standard InChI is InChI=1S/C18H26N4O4S.ClH/c1-5-22(6-2)27(25,26)13-7-8-16-14(11-13)15(12-17(23)20-16)18(24)21(4)10-9-19-3;/h7-8,11-12,19H,5-6,9-10H2,1-4H3,(H,20,23);1H. The lowest BCUT2D eigenvalue weighted by Crippen LogP contribution is -2.33. The monoisotopic (exact) mass is 430 g/mol. The summed E-state index contributed by atoms with van der Waals surface area (Å²) in [6.07, 6.45) is 0. The van der Waals surface area contributed by atoms with Gasteiger partial charge >= 0.3 is 0 Å². The SMILES string of the molecule is CCN(CC)S(=O)(=O)c1ccc2[nH]c(=O)cc(C(=O)N(C)CCNC)c2c1.Cl. The quantitative estimate of drug-likeness (QED) is 0.656. The van der Waals surface area contributed by atoms with Crippen molar-refractivity contribution in [3.63, 3.8) is 0 Å². The van der Waals surface area contributed by atoms with Gasteiger partial charge in [0.15, 0.2) is 0 Å². The van der Waals surface area contributed by atoms with Crippen LogP contribution in [-0.2, 0) is 10.0 Å². The van der Waals surface area contributed by atoms with Crippen molar-refractivity contribution in [2.45, 2.75) is 18.7 Å². The first-order valence-corrected chi connectivity index (χ1v) is 10.3. The molecule has 2 N–H and O–H groups in total. The number of halogens is 1. The van der Waals surface area contributed by atoms with E-state index in [-0.39, 0.29) is 28.8 Å². The number of aromatic nitrogens is 1. The molecule has 0 aliphatic carbocycles. The van der Waals surface area contributed by atoms with E-state index in [1.54, 1.807) is 27.9 Å². The molecule has 0 radical (unpaired) electrons. The first-order chi connectivity index (χ1) is 12.8. The van der Waals surface area contributed by atoms with Crippen molar-refractivity contribution in [2.75, 3.05) is 40.3 Å². The number of hydrogen-bond donors (Lipinski definition) is 2. The van der Waals surface area contributed by atoms with Crippen LogP contribution in [0.5, 0.6) is 0 Å². The molecule has 0 fully saturated rings. The first-order valence-electron chi connectivity index (χ1n) is 8.83. The molecule has 0 saturated carbocycles. The number of amides is 1. The van der Waals surface area contributed by atoms with Crippen molar-refractivity contribution in [3.8, 4) is 0 Å². The van der Waals surface area contributed by atoms with E-state index >= 15 is 0 Å². The van der Waals surface area contributed by atoms with Gasteiger partial charge in [-0.1, -0.05) is 13.8 Å². The molecule has 0 spiro atoms. The van der Waals surface area contributed by atoms with Crippen LogP contribution in [0.25, 0.3) is 10.9 Å². The van der Waals surface area contributed by atoms with Gasteiger partial charge in [0.2, 0.25) is 15.6 Å². The van der Waals surface area contributed by atoms with Gasteiger partial charge in [-0.2, -0.15) is 4.31 Å². The maximum absolute atomic E-state index is 12.8. The molecule has 8 nitrogen and oxygen atoms in total. The van der Waals surface area contributed by atoms with Gasteiger partial charge in [-0.25, -0.2) is 8.42 Å². The number of H-pyrrole nitrogens is 1. The van der Waals surface area contributed by atoms with E-state index in [2.05, 4.69) is 10.3 Å². The lowest BCUT2D eigenvalue weighted by atomic mass is 10.1. The highest BCUT2D eigenvalue weighted by molar-refractivity contribution is 7.89. The minimum atomic E-state index is -3.67. The van der Waals surface area contributed by atoms with E-state index in [1.165, 1.54) is 33.5 Å². The number of likely N-dealkylation sites (N-methyl/N-ethyl adjacent to an activating group) is 2. The Kier molecular flexibility index (Phi) is 8.62. The first kappa shape index (κ1) is 24.1. The fraction of sp³-hybridized carbons (Fsp3) is 0.444. The predicted octanol–water partition coefficient (Wildman–Crippen LogP) is 1.27. The van der Waals surface area contributed by atoms with Gasteiger partial charge in [-0.05, 0) is 25.2 Å². The minimum Gasteiger partial charge on any atom is -0.340 e. The molecule has 1 heterocycles. The average molecular weight is 431 g/mol. The van der Waals surface area contributed by atoms with Crippen LogP contribution in [0.1, 0.15) is 24.2 Å². The van der Waals surface area contributed by atoms with E-state index in [0.29, 0.717) is 37.1 Å². The van der Waals surface area contributed by atoms with E-state index in [0.717, 1.165) is 0 Å². The summed E-state index contributed by atoms with van der Waals surface area (Å²) in [7, 11) is -0.248. The molecular weight excluding hydrogens is 404 g/mol. The number of nitrogens with zero attached hydrogens (tertiary/aromatic N) is 2. The molecule has 0 unspecified atom stereocenters. The molecule has 10 heteroatoms.